The fourth-order valence-electron chi connectivity index (χ4n) is 1.66. The third-order valence-corrected chi connectivity index (χ3v) is 3.63. The van der Waals surface area contributed by atoms with Crippen molar-refractivity contribution in [2.24, 2.45) is 5.92 Å². The molecule has 1 unspecified atom stereocenters. The van der Waals surface area contributed by atoms with E-state index in [1.165, 1.54) is 0 Å². The minimum atomic E-state index is 0.267. The van der Waals surface area contributed by atoms with Crippen molar-refractivity contribution in [3.05, 3.63) is 17.8 Å². The van der Waals surface area contributed by atoms with Crippen molar-refractivity contribution in [1.29, 1.82) is 0 Å². The number of aromatic nitrogens is 2. The molecule has 4 nitrogen and oxygen atoms in total. The van der Waals surface area contributed by atoms with Crippen LogP contribution >= 0.6 is 11.3 Å². The first-order valence-corrected chi connectivity index (χ1v) is 6.72. The van der Waals surface area contributed by atoms with E-state index in [4.69, 9.17) is 5.11 Å². The third-order valence-electron chi connectivity index (χ3n) is 2.72. The quantitative estimate of drug-likeness (QED) is 0.775. The fraction of sp³-hybridized carbons (Fsp3) is 0.500. The Labute approximate surface area is 105 Å². The molecule has 0 bridgehead atoms. The minimum absolute atomic E-state index is 0.267. The molecule has 0 saturated heterocycles. The van der Waals surface area contributed by atoms with E-state index in [2.05, 4.69) is 22.2 Å². The predicted octanol–water partition coefficient (Wildman–Crippen LogP) is 2.51. The van der Waals surface area contributed by atoms with Crippen molar-refractivity contribution in [1.82, 2.24) is 9.97 Å². The van der Waals surface area contributed by atoms with Crippen molar-refractivity contribution >= 4 is 27.4 Å². The number of nitrogens with one attached hydrogen (secondary N) is 1. The maximum Gasteiger partial charge on any atom is 0.147 e. The second kappa shape index (κ2) is 5.93. The van der Waals surface area contributed by atoms with Gasteiger partial charge in [0.2, 0.25) is 0 Å². The van der Waals surface area contributed by atoms with Crippen molar-refractivity contribution in [3.63, 3.8) is 0 Å². The molecule has 0 amide bonds. The van der Waals surface area contributed by atoms with Gasteiger partial charge in [0.15, 0.2) is 0 Å². The van der Waals surface area contributed by atoms with Gasteiger partial charge in [-0.15, -0.1) is 11.3 Å². The highest BCUT2D eigenvalue weighted by atomic mass is 32.1. The predicted molar refractivity (Wildman–Crippen MR) is 71.4 cm³/mol. The summed E-state index contributed by atoms with van der Waals surface area (Å²) >= 11 is 1.66. The summed E-state index contributed by atoms with van der Waals surface area (Å²) in [5.41, 5.74) is 0.997. The van der Waals surface area contributed by atoms with E-state index in [-0.39, 0.29) is 6.61 Å². The van der Waals surface area contributed by atoms with Crippen LogP contribution in [-0.2, 0) is 0 Å². The van der Waals surface area contributed by atoms with Crippen molar-refractivity contribution in [2.75, 3.05) is 18.5 Å². The lowest BCUT2D eigenvalue weighted by Gasteiger charge is -2.09. The van der Waals surface area contributed by atoms with Crippen LogP contribution in [0.2, 0.25) is 0 Å². The number of aliphatic hydroxyl groups excluding tert-OH is 1. The normalized spacial score (nSPS) is 12.8. The second-order valence-electron chi connectivity index (χ2n) is 4.21. The largest absolute Gasteiger partial charge is 0.396 e. The van der Waals surface area contributed by atoms with Gasteiger partial charge in [-0.2, -0.15) is 0 Å². The van der Waals surface area contributed by atoms with E-state index in [9.17, 15) is 0 Å². The standard InChI is InChI=1S/C12H17N3OS/c1-9(7-16)3-2-5-13-12-11-10(4-6-17-11)14-8-15-12/h4,6,8-9,16H,2-3,5,7H2,1H3,(H,13,14,15). The van der Waals surface area contributed by atoms with Crippen LogP contribution in [0.1, 0.15) is 19.8 Å². The lowest BCUT2D eigenvalue weighted by molar-refractivity contribution is 0.229. The topological polar surface area (TPSA) is 58.0 Å². The maximum atomic E-state index is 8.93. The first kappa shape index (κ1) is 12.3. The summed E-state index contributed by atoms with van der Waals surface area (Å²) in [6.45, 7) is 3.21. The Kier molecular flexibility index (Phi) is 4.28. The highest BCUT2D eigenvalue weighted by Gasteiger charge is 2.04. The Bertz CT molecular complexity index is 471. The molecule has 17 heavy (non-hydrogen) atoms. The average molecular weight is 251 g/mol. The molecular weight excluding hydrogens is 234 g/mol. The van der Waals surface area contributed by atoms with Gasteiger partial charge in [-0.1, -0.05) is 6.92 Å². The molecule has 2 aromatic rings. The van der Waals surface area contributed by atoms with Crippen LogP contribution in [0, 0.1) is 5.92 Å². The van der Waals surface area contributed by atoms with Gasteiger partial charge in [0.1, 0.15) is 12.1 Å². The highest BCUT2D eigenvalue weighted by Crippen LogP contribution is 2.24. The Morgan fingerprint density at radius 2 is 2.35 bits per heavy atom. The number of thiophene rings is 1. The van der Waals surface area contributed by atoms with E-state index < -0.39 is 0 Å². The number of nitrogens with zero attached hydrogens (tertiary/aromatic N) is 2. The Morgan fingerprint density at radius 3 is 3.18 bits per heavy atom. The summed E-state index contributed by atoms with van der Waals surface area (Å²) in [5, 5.41) is 14.3. The molecule has 1 atom stereocenters. The monoisotopic (exact) mass is 251 g/mol. The van der Waals surface area contributed by atoms with Crippen molar-refractivity contribution in [3.8, 4) is 0 Å². The molecule has 0 radical (unpaired) electrons. The molecule has 0 aromatic carbocycles. The van der Waals surface area contributed by atoms with Gasteiger partial charge in [0.05, 0.1) is 10.2 Å². The van der Waals surface area contributed by atoms with E-state index >= 15 is 0 Å². The summed E-state index contributed by atoms with van der Waals surface area (Å²) in [6.07, 6.45) is 3.66. The SMILES string of the molecule is CC(CO)CCCNc1ncnc2ccsc12. The summed E-state index contributed by atoms with van der Waals surface area (Å²) in [5.74, 6) is 1.30. The summed E-state index contributed by atoms with van der Waals surface area (Å²) < 4.78 is 1.11. The molecular formula is C12H17N3OS. The second-order valence-corrected chi connectivity index (χ2v) is 5.13. The highest BCUT2D eigenvalue weighted by molar-refractivity contribution is 7.17. The minimum Gasteiger partial charge on any atom is -0.396 e. The average Bonchev–Trinajstić information content (AvgIpc) is 2.83. The summed E-state index contributed by atoms with van der Waals surface area (Å²) in [7, 11) is 0. The van der Waals surface area contributed by atoms with Gasteiger partial charge < -0.3 is 10.4 Å². The Morgan fingerprint density at radius 1 is 1.47 bits per heavy atom. The molecule has 2 aromatic heterocycles. The van der Waals surface area contributed by atoms with Crippen molar-refractivity contribution < 1.29 is 5.11 Å². The molecule has 92 valence electrons. The Hall–Kier alpha value is -1.20. The van der Waals surface area contributed by atoms with Gasteiger partial charge in [0.25, 0.3) is 0 Å². The molecule has 2 N–H and O–H groups in total. The van der Waals surface area contributed by atoms with E-state index in [1.54, 1.807) is 17.7 Å². The molecule has 0 aliphatic carbocycles. The van der Waals surface area contributed by atoms with Crippen LogP contribution in [0.15, 0.2) is 17.8 Å². The third kappa shape index (κ3) is 3.14. The van der Waals surface area contributed by atoms with Gasteiger partial charge in [0, 0.05) is 13.2 Å². The maximum absolute atomic E-state index is 8.93. The van der Waals surface area contributed by atoms with Crippen LogP contribution in [0.4, 0.5) is 5.82 Å². The van der Waals surface area contributed by atoms with Crippen molar-refractivity contribution in [2.45, 2.75) is 19.8 Å². The zero-order valence-corrected chi connectivity index (χ0v) is 10.7. The van der Waals surface area contributed by atoms with Crippen LogP contribution in [-0.4, -0.2) is 28.2 Å². The number of hydrogen-bond donors (Lipinski definition) is 2. The fourth-order valence-corrected chi connectivity index (χ4v) is 2.47. The summed E-state index contributed by atoms with van der Waals surface area (Å²) in [6, 6.07) is 2.00. The molecule has 0 aliphatic rings. The zero-order chi connectivity index (χ0) is 12.1. The molecule has 2 rings (SSSR count). The first-order chi connectivity index (χ1) is 8.31. The van der Waals surface area contributed by atoms with Gasteiger partial charge in [-0.05, 0) is 30.2 Å². The summed E-state index contributed by atoms with van der Waals surface area (Å²) in [4.78, 5) is 8.45. The molecule has 2 heterocycles. The number of rotatable bonds is 6. The van der Waals surface area contributed by atoms with E-state index in [0.29, 0.717) is 5.92 Å². The lowest BCUT2D eigenvalue weighted by Crippen LogP contribution is -2.07. The van der Waals surface area contributed by atoms with Crippen LogP contribution < -0.4 is 5.32 Å². The van der Waals surface area contributed by atoms with Crippen LogP contribution in [0.5, 0.6) is 0 Å². The van der Waals surface area contributed by atoms with E-state index in [1.807, 2.05) is 11.4 Å². The molecule has 0 spiro atoms. The number of hydrogen-bond acceptors (Lipinski definition) is 5. The molecule has 0 saturated carbocycles. The number of anilines is 1. The van der Waals surface area contributed by atoms with Gasteiger partial charge in [-0.25, -0.2) is 9.97 Å². The smallest absolute Gasteiger partial charge is 0.147 e. The Balaban J connectivity index is 1.88. The molecule has 0 fully saturated rings. The van der Waals surface area contributed by atoms with E-state index in [0.717, 1.165) is 35.4 Å². The number of aliphatic hydroxyl groups is 1. The van der Waals surface area contributed by atoms with Crippen LogP contribution in [0.25, 0.3) is 10.2 Å². The van der Waals surface area contributed by atoms with Gasteiger partial charge in [-0.3, -0.25) is 0 Å². The molecule has 5 heteroatoms. The lowest BCUT2D eigenvalue weighted by atomic mass is 10.1. The van der Waals surface area contributed by atoms with Crippen LogP contribution in [0.3, 0.4) is 0 Å². The zero-order valence-electron chi connectivity index (χ0n) is 9.89. The first-order valence-electron chi connectivity index (χ1n) is 5.84. The number of fused-ring (bicyclic) bond motifs is 1. The molecule has 0 aliphatic heterocycles. The van der Waals surface area contributed by atoms with Gasteiger partial charge >= 0.3 is 0 Å².